The number of rotatable bonds is 4. The van der Waals surface area contributed by atoms with Gasteiger partial charge in [-0.3, -0.25) is 0 Å². The molecule has 0 heterocycles. The second-order valence-corrected chi connectivity index (χ2v) is 8.54. The van der Waals surface area contributed by atoms with Crippen molar-refractivity contribution < 1.29 is 8.85 Å². The molecule has 3 heteroatoms. The Labute approximate surface area is 93.9 Å². The maximum Gasteiger partial charge on any atom is 0.347 e. The molecule has 1 saturated carbocycles. The minimum Gasteiger partial charge on any atom is -0.397 e. The average molecular weight is 226 g/mol. The Balaban J connectivity index is 2.17. The SMILES string of the molecule is CO[Si](OC)(C1C=CCC1)C1CCCC1. The van der Waals surface area contributed by atoms with Crippen LogP contribution in [0, 0.1) is 0 Å². The second kappa shape index (κ2) is 4.81. The molecule has 2 aliphatic carbocycles. The van der Waals surface area contributed by atoms with E-state index in [0.717, 1.165) is 5.54 Å². The lowest BCUT2D eigenvalue weighted by Crippen LogP contribution is -2.48. The lowest BCUT2D eigenvalue weighted by atomic mass is 10.3. The Bertz CT molecular complexity index is 230. The maximum atomic E-state index is 5.92. The van der Waals surface area contributed by atoms with Gasteiger partial charge in [0, 0.05) is 25.3 Å². The highest BCUT2D eigenvalue weighted by Gasteiger charge is 2.51. The number of hydrogen-bond donors (Lipinski definition) is 0. The zero-order valence-corrected chi connectivity index (χ0v) is 10.9. The summed E-state index contributed by atoms with van der Waals surface area (Å²) < 4.78 is 11.8. The van der Waals surface area contributed by atoms with Crippen LogP contribution in [0.5, 0.6) is 0 Å². The van der Waals surface area contributed by atoms with E-state index >= 15 is 0 Å². The van der Waals surface area contributed by atoms with Crippen molar-refractivity contribution in [2.45, 2.75) is 49.6 Å². The smallest absolute Gasteiger partial charge is 0.347 e. The highest BCUT2D eigenvalue weighted by molar-refractivity contribution is 6.71. The van der Waals surface area contributed by atoms with Crippen LogP contribution >= 0.6 is 0 Å². The first kappa shape index (κ1) is 11.4. The largest absolute Gasteiger partial charge is 0.397 e. The van der Waals surface area contributed by atoms with E-state index in [-0.39, 0.29) is 0 Å². The third-order valence-corrected chi connectivity index (χ3v) is 8.60. The summed E-state index contributed by atoms with van der Waals surface area (Å²) in [5.41, 5.74) is 1.32. The number of allylic oxidation sites excluding steroid dienone is 2. The van der Waals surface area contributed by atoms with Crippen molar-refractivity contribution in [1.82, 2.24) is 0 Å². The molecule has 0 aromatic heterocycles. The van der Waals surface area contributed by atoms with Gasteiger partial charge in [-0.2, -0.15) is 0 Å². The van der Waals surface area contributed by atoms with Gasteiger partial charge < -0.3 is 8.85 Å². The molecule has 2 nitrogen and oxygen atoms in total. The van der Waals surface area contributed by atoms with E-state index < -0.39 is 8.56 Å². The van der Waals surface area contributed by atoms with Gasteiger partial charge in [0.05, 0.1) is 0 Å². The highest BCUT2D eigenvalue weighted by atomic mass is 28.4. The lowest BCUT2D eigenvalue weighted by molar-refractivity contribution is 0.219. The van der Waals surface area contributed by atoms with Gasteiger partial charge in [-0.15, -0.1) is 0 Å². The van der Waals surface area contributed by atoms with Crippen LogP contribution in [0.15, 0.2) is 12.2 Å². The molecule has 0 spiro atoms. The van der Waals surface area contributed by atoms with E-state index in [0.29, 0.717) is 5.54 Å². The van der Waals surface area contributed by atoms with Crippen LogP contribution in [0.4, 0.5) is 0 Å². The maximum absolute atomic E-state index is 5.92. The van der Waals surface area contributed by atoms with Crippen molar-refractivity contribution in [2.24, 2.45) is 0 Å². The van der Waals surface area contributed by atoms with Crippen LogP contribution in [0.1, 0.15) is 38.5 Å². The molecule has 1 fully saturated rings. The summed E-state index contributed by atoms with van der Waals surface area (Å²) in [5, 5.41) is 0. The first-order chi connectivity index (χ1) is 7.33. The van der Waals surface area contributed by atoms with Crippen molar-refractivity contribution in [2.75, 3.05) is 14.2 Å². The van der Waals surface area contributed by atoms with E-state index in [4.69, 9.17) is 8.85 Å². The first-order valence-electron chi connectivity index (χ1n) is 6.10. The zero-order chi connectivity index (χ0) is 10.7. The minimum atomic E-state index is -1.96. The van der Waals surface area contributed by atoms with Crippen molar-refractivity contribution in [3.05, 3.63) is 12.2 Å². The van der Waals surface area contributed by atoms with Gasteiger partial charge in [0.25, 0.3) is 0 Å². The molecule has 0 amide bonds. The molecule has 2 rings (SSSR count). The van der Waals surface area contributed by atoms with Gasteiger partial charge in [-0.1, -0.05) is 25.0 Å². The predicted molar refractivity (Wildman–Crippen MR) is 64.1 cm³/mol. The standard InChI is InChI=1S/C12H22O2Si/c1-13-15(14-2,11-7-3-4-8-11)12-9-5-6-10-12/h3,7,11-12H,4-6,8-10H2,1-2H3. The Morgan fingerprint density at radius 2 is 1.73 bits per heavy atom. The second-order valence-electron chi connectivity index (χ2n) is 4.72. The predicted octanol–water partition coefficient (Wildman–Crippen LogP) is 3.39. The quantitative estimate of drug-likeness (QED) is 0.540. The highest BCUT2D eigenvalue weighted by Crippen LogP contribution is 2.48. The molecular formula is C12H22O2Si. The Kier molecular flexibility index (Phi) is 3.64. The molecule has 0 radical (unpaired) electrons. The van der Waals surface area contributed by atoms with Gasteiger partial charge in [0.1, 0.15) is 0 Å². The fourth-order valence-corrected chi connectivity index (χ4v) is 7.55. The molecule has 0 N–H and O–H groups in total. The Morgan fingerprint density at radius 1 is 1.07 bits per heavy atom. The van der Waals surface area contributed by atoms with Crippen molar-refractivity contribution in [1.29, 1.82) is 0 Å². The summed E-state index contributed by atoms with van der Waals surface area (Å²) in [7, 11) is 1.76. The summed E-state index contributed by atoms with van der Waals surface area (Å²) in [5.74, 6) is 0. The van der Waals surface area contributed by atoms with Gasteiger partial charge in [-0.05, 0) is 25.7 Å². The van der Waals surface area contributed by atoms with Crippen LogP contribution in [0.2, 0.25) is 11.1 Å². The van der Waals surface area contributed by atoms with Gasteiger partial charge in [0.2, 0.25) is 0 Å². The van der Waals surface area contributed by atoms with E-state index in [1.54, 1.807) is 0 Å². The van der Waals surface area contributed by atoms with E-state index in [1.807, 2.05) is 14.2 Å². The molecule has 1 unspecified atom stereocenters. The first-order valence-corrected chi connectivity index (χ1v) is 8.07. The van der Waals surface area contributed by atoms with Crippen LogP contribution in [0.3, 0.4) is 0 Å². The zero-order valence-electron chi connectivity index (χ0n) is 9.87. The molecule has 0 aliphatic heterocycles. The third-order valence-electron chi connectivity index (χ3n) is 4.09. The number of hydrogen-bond acceptors (Lipinski definition) is 2. The average Bonchev–Trinajstić information content (AvgIpc) is 2.92. The fourth-order valence-electron chi connectivity index (χ4n) is 3.32. The summed E-state index contributed by atoms with van der Waals surface area (Å²) >= 11 is 0. The molecule has 0 saturated heterocycles. The molecular weight excluding hydrogens is 204 g/mol. The van der Waals surface area contributed by atoms with E-state index in [1.165, 1.54) is 38.5 Å². The van der Waals surface area contributed by atoms with Gasteiger partial charge >= 0.3 is 8.56 Å². The van der Waals surface area contributed by atoms with Gasteiger partial charge in [0.15, 0.2) is 0 Å². The summed E-state index contributed by atoms with van der Waals surface area (Å²) in [4.78, 5) is 0. The van der Waals surface area contributed by atoms with Crippen molar-refractivity contribution in [3.63, 3.8) is 0 Å². The Morgan fingerprint density at radius 3 is 2.20 bits per heavy atom. The monoisotopic (exact) mass is 226 g/mol. The lowest BCUT2D eigenvalue weighted by Gasteiger charge is -2.37. The van der Waals surface area contributed by atoms with E-state index in [2.05, 4.69) is 12.2 Å². The van der Waals surface area contributed by atoms with Crippen LogP contribution in [-0.2, 0) is 8.85 Å². The fraction of sp³-hybridized carbons (Fsp3) is 0.833. The normalized spacial score (nSPS) is 27.7. The molecule has 0 aromatic carbocycles. The third kappa shape index (κ3) is 1.93. The van der Waals surface area contributed by atoms with Crippen LogP contribution in [-0.4, -0.2) is 22.8 Å². The van der Waals surface area contributed by atoms with Crippen molar-refractivity contribution >= 4 is 8.56 Å². The molecule has 2 aliphatic rings. The van der Waals surface area contributed by atoms with Crippen LogP contribution in [0.25, 0.3) is 0 Å². The van der Waals surface area contributed by atoms with Crippen molar-refractivity contribution in [3.8, 4) is 0 Å². The summed E-state index contributed by atoms with van der Waals surface area (Å²) in [6.45, 7) is 0. The summed E-state index contributed by atoms with van der Waals surface area (Å²) in [6, 6.07) is 0. The Hall–Kier alpha value is -0.123. The summed E-state index contributed by atoms with van der Waals surface area (Å²) in [6.07, 6.45) is 12.4. The molecule has 86 valence electrons. The topological polar surface area (TPSA) is 18.5 Å². The van der Waals surface area contributed by atoms with Gasteiger partial charge in [-0.25, -0.2) is 0 Å². The molecule has 0 aromatic rings. The molecule has 0 bridgehead atoms. The molecule has 15 heavy (non-hydrogen) atoms. The minimum absolute atomic E-state index is 0.593. The van der Waals surface area contributed by atoms with E-state index in [9.17, 15) is 0 Å². The van der Waals surface area contributed by atoms with Crippen LogP contribution < -0.4 is 0 Å². The molecule has 1 atom stereocenters.